The Bertz CT molecular complexity index is 540. The number of anilines is 1. The Labute approximate surface area is 93.8 Å². The Hall–Kier alpha value is -2.23. The highest BCUT2D eigenvalue weighted by molar-refractivity contribution is 5.62. The van der Waals surface area contributed by atoms with E-state index in [4.69, 9.17) is 11.1 Å². The van der Waals surface area contributed by atoms with Crippen LogP contribution in [0.4, 0.5) is 5.69 Å². The molecule has 0 aliphatic heterocycles. The minimum atomic E-state index is 0.414. The molecule has 4 nitrogen and oxygen atoms in total. The van der Waals surface area contributed by atoms with Gasteiger partial charge in [-0.3, -0.25) is 5.41 Å². The van der Waals surface area contributed by atoms with Crippen LogP contribution in [0.3, 0.4) is 0 Å². The number of hydrogen-bond acceptors (Lipinski definition) is 3. The molecule has 0 radical (unpaired) electrons. The van der Waals surface area contributed by atoms with Crippen LogP contribution in [-0.2, 0) is 0 Å². The third-order valence-corrected chi connectivity index (χ3v) is 2.42. The molecule has 0 fully saturated rings. The highest BCUT2D eigenvalue weighted by Crippen LogP contribution is 2.18. The Kier molecular flexibility index (Phi) is 2.64. The number of nitrogens with one attached hydrogen (secondary N) is 2. The van der Waals surface area contributed by atoms with Gasteiger partial charge >= 0.3 is 0 Å². The van der Waals surface area contributed by atoms with E-state index in [9.17, 15) is 0 Å². The number of aromatic nitrogens is 1. The maximum Gasteiger partial charge on any atom is 0.144 e. The quantitative estimate of drug-likeness (QED) is 0.661. The van der Waals surface area contributed by atoms with E-state index in [1.54, 1.807) is 17.8 Å². The van der Waals surface area contributed by atoms with Gasteiger partial charge in [0.15, 0.2) is 0 Å². The number of nitrogen functional groups attached to an aromatic ring is 1. The molecule has 0 bridgehead atoms. The summed E-state index contributed by atoms with van der Waals surface area (Å²) in [7, 11) is 1.79. The van der Waals surface area contributed by atoms with Crippen molar-refractivity contribution in [3.8, 4) is 11.3 Å². The van der Waals surface area contributed by atoms with Gasteiger partial charge in [-0.1, -0.05) is 18.2 Å². The summed E-state index contributed by atoms with van der Waals surface area (Å²) in [5.74, 6) is 0. The molecular weight excluding hydrogens is 200 g/mol. The van der Waals surface area contributed by atoms with Gasteiger partial charge in [0.05, 0.1) is 5.69 Å². The zero-order chi connectivity index (χ0) is 11.5. The highest BCUT2D eigenvalue weighted by Gasteiger charge is 2.02. The van der Waals surface area contributed by atoms with E-state index in [0.29, 0.717) is 5.49 Å². The van der Waals surface area contributed by atoms with Crippen LogP contribution < -0.4 is 16.6 Å². The second kappa shape index (κ2) is 4.10. The van der Waals surface area contributed by atoms with Crippen molar-refractivity contribution in [2.75, 3.05) is 18.2 Å². The molecule has 0 saturated carbocycles. The maximum atomic E-state index is 7.78. The summed E-state index contributed by atoms with van der Waals surface area (Å²) < 4.78 is 1.71. The molecule has 0 aliphatic rings. The van der Waals surface area contributed by atoms with E-state index in [2.05, 4.69) is 5.43 Å². The first kappa shape index (κ1) is 10.3. The first-order chi connectivity index (χ1) is 7.72. The Morgan fingerprint density at radius 1 is 1.12 bits per heavy atom. The molecule has 0 spiro atoms. The summed E-state index contributed by atoms with van der Waals surface area (Å²) >= 11 is 0. The van der Waals surface area contributed by atoms with Crippen molar-refractivity contribution in [2.45, 2.75) is 0 Å². The van der Waals surface area contributed by atoms with Crippen molar-refractivity contribution in [3.63, 3.8) is 0 Å². The zero-order valence-electron chi connectivity index (χ0n) is 9.07. The number of rotatable bonds is 2. The molecule has 0 amide bonds. The molecule has 0 atom stereocenters. The summed E-state index contributed by atoms with van der Waals surface area (Å²) in [4.78, 5) is 0. The van der Waals surface area contributed by atoms with Crippen LogP contribution in [0.5, 0.6) is 0 Å². The topological polar surface area (TPSA) is 66.8 Å². The maximum absolute atomic E-state index is 7.78. The van der Waals surface area contributed by atoms with Crippen LogP contribution in [0.25, 0.3) is 11.3 Å². The van der Waals surface area contributed by atoms with E-state index in [-0.39, 0.29) is 0 Å². The van der Waals surface area contributed by atoms with Crippen molar-refractivity contribution < 1.29 is 0 Å². The standard InChI is InChI=1S/C12H14N4/c1-15-16-11(3-2-4-12(16)14)9-5-7-10(13)8-6-9/h2-8,14-15H,13H2,1H3. The fourth-order valence-corrected chi connectivity index (χ4v) is 1.63. The number of benzene rings is 1. The lowest BCUT2D eigenvalue weighted by molar-refractivity contribution is 0.838. The van der Waals surface area contributed by atoms with Crippen molar-refractivity contribution in [1.29, 1.82) is 5.41 Å². The summed E-state index contributed by atoms with van der Waals surface area (Å²) in [6.45, 7) is 0. The van der Waals surface area contributed by atoms with Gasteiger partial charge in [-0.2, -0.15) is 0 Å². The Morgan fingerprint density at radius 3 is 2.44 bits per heavy atom. The summed E-state index contributed by atoms with van der Waals surface area (Å²) in [6, 6.07) is 13.1. The van der Waals surface area contributed by atoms with Crippen LogP contribution in [0, 0.1) is 5.41 Å². The van der Waals surface area contributed by atoms with E-state index in [1.165, 1.54) is 0 Å². The molecule has 0 saturated heterocycles. The zero-order valence-corrected chi connectivity index (χ0v) is 9.07. The lowest BCUT2D eigenvalue weighted by Gasteiger charge is -2.12. The highest BCUT2D eigenvalue weighted by atomic mass is 15.4. The molecule has 0 aliphatic carbocycles. The normalized spacial score (nSPS) is 10.1. The molecular formula is C12H14N4. The average Bonchev–Trinajstić information content (AvgIpc) is 2.30. The number of nitrogens with two attached hydrogens (primary N) is 1. The first-order valence-corrected chi connectivity index (χ1v) is 5.02. The van der Waals surface area contributed by atoms with Crippen molar-refractivity contribution >= 4 is 5.69 Å². The summed E-state index contributed by atoms with van der Waals surface area (Å²) in [6.07, 6.45) is 0. The van der Waals surface area contributed by atoms with Gasteiger partial charge in [0.25, 0.3) is 0 Å². The Balaban J connectivity index is 2.60. The largest absolute Gasteiger partial charge is 0.399 e. The van der Waals surface area contributed by atoms with E-state index in [0.717, 1.165) is 16.9 Å². The monoisotopic (exact) mass is 214 g/mol. The van der Waals surface area contributed by atoms with E-state index in [1.807, 2.05) is 36.4 Å². The molecule has 16 heavy (non-hydrogen) atoms. The van der Waals surface area contributed by atoms with E-state index < -0.39 is 0 Å². The molecule has 82 valence electrons. The summed E-state index contributed by atoms with van der Waals surface area (Å²) in [5.41, 5.74) is 11.7. The molecule has 4 heteroatoms. The molecule has 4 N–H and O–H groups in total. The van der Waals surface area contributed by atoms with Crippen LogP contribution in [-0.4, -0.2) is 11.7 Å². The summed E-state index contributed by atoms with van der Waals surface area (Å²) in [5, 5.41) is 7.78. The molecule has 1 aromatic carbocycles. The van der Waals surface area contributed by atoms with Crippen molar-refractivity contribution in [3.05, 3.63) is 48.0 Å². The number of pyridine rings is 1. The van der Waals surface area contributed by atoms with Crippen LogP contribution in [0.1, 0.15) is 0 Å². The molecule has 2 aromatic rings. The minimum absolute atomic E-state index is 0.414. The molecule has 1 aromatic heterocycles. The lowest BCUT2D eigenvalue weighted by atomic mass is 10.1. The average molecular weight is 214 g/mol. The predicted octanol–water partition coefficient (Wildman–Crippen LogP) is 1.39. The van der Waals surface area contributed by atoms with E-state index >= 15 is 0 Å². The first-order valence-electron chi connectivity index (χ1n) is 5.02. The lowest BCUT2D eigenvalue weighted by Crippen LogP contribution is -2.27. The third-order valence-electron chi connectivity index (χ3n) is 2.42. The van der Waals surface area contributed by atoms with Crippen molar-refractivity contribution in [2.24, 2.45) is 0 Å². The smallest absolute Gasteiger partial charge is 0.144 e. The second-order valence-corrected chi connectivity index (χ2v) is 3.48. The SMILES string of the molecule is CNn1c(-c2ccc(N)cc2)cccc1=N. The second-order valence-electron chi connectivity index (χ2n) is 3.48. The minimum Gasteiger partial charge on any atom is -0.399 e. The third kappa shape index (κ3) is 1.77. The van der Waals surface area contributed by atoms with Crippen LogP contribution >= 0.6 is 0 Å². The Morgan fingerprint density at radius 2 is 1.81 bits per heavy atom. The predicted molar refractivity (Wildman–Crippen MR) is 65.4 cm³/mol. The van der Waals surface area contributed by atoms with Crippen molar-refractivity contribution in [1.82, 2.24) is 4.68 Å². The van der Waals surface area contributed by atoms with Gasteiger partial charge < -0.3 is 11.2 Å². The fraction of sp³-hybridized carbons (Fsp3) is 0.0833. The van der Waals surface area contributed by atoms with Gasteiger partial charge in [-0.15, -0.1) is 0 Å². The van der Waals surface area contributed by atoms with Crippen LogP contribution in [0.15, 0.2) is 42.5 Å². The molecule has 0 unspecified atom stereocenters. The van der Waals surface area contributed by atoms with Gasteiger partial charge in [0, 0.05) is 18.3 Å². The number of hydrogen-bond donors (Lipinski definition) is 3. The molecule has 1 heterocycles. The van der Waals surface area contributed by atoms with Gasteiger partial charge in [0.1, 0.15) is 5.49 Å². The fourth-order valence-electron chi connectivity index (χ4n) is 1.63. The van der Waals surface area contributed by atoms with Crippen LogP contribution in [0.2, 0.25) is 0 Å². The molecule has 2 rings (SSSR count). The van der Waals surface area contributed by atoms with Gasteiger partial charge in [0.2, 0.25) is 0 Å². The van der Waals surface area contributed by atoms with Gasteiger partial charge in [-0.25, -0.2) is 4.68 Å². The number of nitrogens with zero attached hydrogens (tertiary/aromatic N) is 1. The van der Waals surface area contributed by atoms with Gasteiger partial charge in [-0.05, 0) is 24.3 Å².